The standard InChI is InChI=1S/C11H17NO3/c1-8(2)9-6-10(13)12(7-9)5-3-4-11(14)15/h3-4,8-9H,5-7H2,1-2H3,(H,14,15)/b4-3+. The summed E-state index contributed by atoms with van der Waals surface area (Å²) in [5.74, 6) is 0.0731. The van der Waals surface area contributed by atoms with Gasteiger partial charge in [0.15, 0.2) is 0 Å². The molecule has 0 aromatic heterocycles. The number of carbonyl (C=O) groups excluding carboxylic acids is 1. The van der Waals surface area contributed by atoms with Gasteiger partial charge in [0, 0.05) is 25.6 Å². The van der Waals surface area contributed by atoms with Gasteiger partial charge in [0.25, 0.3) is 0 Å². The largest absolute Gasteiger partial charge is 0.478 e. The Morgan fingerprint density at radius 2 is 2.33 bits per heavy atom. The number of nitrogens with zero attached hydrogens (tertiary/aromatic N) is 1. The van der Waals surface area contributed by atoms with E-state index < -0.39 is 5.97 Å². The Kier molecular flexibility index (Phi) is 3.88. The first kappa shape index (κ1) is 11.8. The van der Waals surface area contributed by atoms with Crippen molar-refractivity contribution < 1.29 is 14.7 Å². The normalized spacial score (nSPS) is 21.9. The highest BCUT2D eigenvalue weighted by molar-refractivity contribution is 5.81. The van der Waals surface area contributed by atoms with Gasteiger partial charge in [-0.25, -0.2) is 4.79 Å². The molecular weight excluding hydrogens is 194 g/mol. The molecule has 1 N–H and O–H groups in total. The number of carboxylic acids is 1. The van der Waals surface area contributed by atoms with E-state index in [2.05, 4.69) is 13.8 Å². The highest BCUT2D eigenvalue weighted by atomic mass is 16.4. The number of rotatable bonds is 4. The zero-order chi connectivity index (χ0) is 11.4. The number of hydrogen-bond acceptors (Lipinski definition) is 2. The summed E-state index contributed by atoms with van der Waals surface area (Å²) in [5, 5.41) is 8.40. The molecule has 0 aromatic rings. The summed E-state index contributed by atoms with van der Waals surface area (Å²) in [6.07, 6.45) is 3.19. The Balaban J connectivity index is 2.44. The van der Waals surface area contributed by atoms with Crippen LogP contribution in [0, 0.1) is 11.8 Å². The van der Waals surface area contributed by atoms with E-state index in [1.807, 2.05) is 0 Å². The van der Waals surface area contributed by atoms with Crippen molar-refractivity contribution in [3.63, 3.8) is 0 Å². The molecule has 1 aliphatic rings. The van der Waals surface area contributed by atoms with E-state index in [1.165, 1.54) is 6.08 Å². The van der Waals surface area contributed by atoms with Crippen LogP contribution in [-0.2, 0) is 9.59 Å². The van der Waals surface area contributed by atoms with Crippen molar-refractivity contribution >= 4 is 11.9 Å². The number of hydrogen-bond donors (Lipinski definition) is 1. The third-order valence-electron chi connectivity index (χ3n) is 2.77. The van der Waals surface area contributed by atoms with E-state index in [9.17, 15) is 9.59 Å². The van der Waals surface area contributed by atoms with Gasteiger partial charge in [-0.15, -0.1) is 0 Å². The lowest BCUT2D eigenvalue weighted by atomic mass is 9.95. The van der Waals surface area contributed by atoms with Crippen molar-refractivity contribution in [3.05, 3.63) is 12.2 Å². The first-order chi connectivity index (χ1) is 7.00. The minimum atomic E-state index is -0.970. The van der Waals surface area contributed by atoms with Crippen LogP contribution in [0.25, 0.3) is 0 Å². The van der Waals surface area contributed by atoms with Gasteiger partial charge in [-0.05, 0) is 11.8 Å². The molecule has 0 radical (unpaired) electrons. The number of likely N-dealkylation sites (tertiary alicyclic amines) is 1. The predicted molar refractivity (Wildman–Crippen MR) is 56.3 cm³/mol. The molecule has 1 amide bonds. The lowest BCUT2D eigenvalue weighted by Crippen LogP contribution is -2.25. The molecule has 1 fully saturated rings. The summed E-state index contributed by atoms with van der Waals surface area (Å²) in [5.41, 5.74) is 0. The number of aliphatic carboxylic acids is 1. The van der Waals surface area contributed by atoms with Crippen LogP contribution in [0.5, 0.6) is 0 Å². The van der Waals surface area contributed by atoms with Gasteiger partial charge < -0.3 is 10.0 Å². The van der Waals surface area contributed by atoms with Crippen molar-refractivity contribution in [2.24, 2.45) is 11.8 Å². The van der Waals surface area contributed by atoms with E-state index in [1.54, 1.807) is 4.90 Å². The molecule has 0 aromatic carbocycles. The molecule has 1 aliphatic heterocycles. The summed E-state index contributed by atoms with van der Waals surface area (Å²) in [6.45, 7) is 5.37. The molecule has 0 aliphatic carbocycles. The Morgan fingerprint density at radius 3 is 2.80 bits per heavy atom. The average molecular weight is 211 g/mol. The van der Waals surface area contributed by atoms with Crippen LogP contribution in [0.2, 0.25) is 0 Å². The summed E-state index contributed by atoms with van der Waals surface area (Å²) in [6, 6.07) is 0. The van der Waals surface area contributed by atoms with Gasteiger partial charge >= 0.3 is 5.97 Å². The van der Waals surface area contributed by atoms with Crippen molar-refractivity contribution in [1.82, 2.24) is 4.90 Å². The first-order valence-corrected chi connectivity index (χ1v) is 5.18. The van der Waals surface area contributed by atoms with Gasteiger partial charge in [0.05, 0.1) is 0 Å². The summed E-state index contributed by atoms with van der Waals surface area (Å²) < 4.78 is 0. The van der Waals surface area contributed by atoms with Crippen molar-refractivity contribution in [3.8, 4) is 0 Å². The summed E-state index contributed by atoms with van der Waals surface area (Å²) >= 11 is 0. The van der Waals surface area contributed by atoms with Crippen LogP contribution in [0.1, 0.15) is 20.3 Å². The van der Waals surface area contributed by atoms with Crippen LogP contribution >= 0.6 is 0 Å². The van der Waals surface area contributed by atoms with Gasteiger partial charge in [0.1, 0.15) is 0 Å². The summed E-state index contributed by atoms with van der Waals surface area (Å²) in [4.78, 5) is 23.5. The molecule has 0 spiro atoms. The Labute approximate surface area is 89.6 Å². The molecular formula is C11H17NO3. The van der Waals surface area contributed by atoms with E-state index in [0.717, 1.165) is 12.6 Å². The van der Waals surface area contributed by atoms with Crippen LogP contribution in [-0.4, -0.2) is 35.0 Å². The third-order valence-corrected chi connectivity index (χ3v) is 2.77. The molecule has 1 saturated heterocycles. The molecule has 15 heavy (non-hydrogen) atoms. The Hall–Kier alpha value is -1.32. The van der Waals surface area contributed by atoms with Crippen LogP contribution in [0.4, 0.5) is 0 Å². The minimum Gasteiger partial charge on any atom is -0.478 e. The predicted octanol–water partition coefficient (Wildman–Crippen LogP) is 1.13. The highest BCUT2D eigenvalue weighted by Gasteiger charge is 2.30. The monoisotopic (exact) mass is 211 g/mol. The van der Waals surface area contributed by atoms with E-state index in [-0.39, 0.29) is 5.91 Å². The second kappa shape index (κ2) is 4.96. The van der Waals surface area contributed by atoms with Gasteiger partial charge in [-0.3, -0.25) is 4.79 Å². The smallest absolute Gasteiger partial charge is 0.328 e. The number of amides is 1. The molecule has 0 bridgehead atoms. The maximum Gasteiger partial charge on any atom is 0.328 e. The number of carboxylic acid groups (broad SMARTS) is 1. The molecule has 1 rings (SSSR count). The molecule has 84 valence electrons. The second-order valence-electron chi connectivity index (χ2n) is 4.25. The van der Waals surface area contributed by atoms with Crippen LogP contribution < -0.4 is 0 Å². The molecule has 4 heteroatoms. The lowest BCUT2D eigenvalue weighted by molar-refractivity contribution is -0.131. The zero-order valence-corrected chi connectivity index (χ0v) is 9.14. The SMILES string of the molecule is CC(C)C1CC(=O)N(C/C=C/C(=O)O)C1. The Bertz CT molecular complexity index is 284. The zero-order valence-electron chi connectivity index (χ0n) is 9.14. The lowest BCUT2D eigenvalue weighted by Gasteiger charge is -2.15. The molecule has 1 atom stereocenters. The first-order valence-electron chi connectivity index (χ1n) is 5.18. The molecule has 1 heterocycles. The molecule has 4 nitrogen and oxygen atoms in total. The van der Waals surface area contributed by atoms with Crippen molar-refractivity contribution in [1.29, 1.82) is 0 Å². The highest BCUT2D eigenvalue weighted by Crippen LogP contribution is 2.24. The fourth-order valence-corrected chi connectivity index (χ4v) is 1.71. The molecule has 1 unspecified atom stereocenters. The van der Waals surface area contributed by atoms with Crippen molar-refractivity contribution in [2.45, 2.75) is 20.3 Å². The van der Waals surface area contributed by atoms with Gasteiger partial charge in [-0.1, -0.05) is 19.9 Å². The quantitative estimate of drug-likeness (QED) is 0.709. The number of carbonyl (C=O) groups is 2. The molecule has 0 saturated carbocycles. The summed E-state index contributed by atoms with van der Waals surface area (Å²) in [7, 11) is 0. The van der Waals surface area contributed by atoms with Crippen molar-refractivity contribution in [2.75, 3.05) is 13.1 Å². The van der Waals surface area contributed by atoms with Gasteiger partial charge in [0.2, 0.25) is 5.91 Å². The maximum atomic E-state index is 11.5. The van der Waals surface area contributed by atoms with Gasteiger partial charge in [-0.2, -0.15) is 0 Å². The fourth-order valence-electron chi connectivity index (χ4n) is 1.71. The van der Waals surface area contributed by atoms with Crippen LogP contribution in [0.3, 0.4) is 0 Å². The maximum absolute atomic E-state index is 11.5. The van der Waals surface area contributed by atoms with E-state index in [0.29, 0.717) is 24.8 Å². The Morgan fingerprint density at radius 1 is 1.67 bits per heavy atom. The second-order valence-corrected chi connectivity index (χ2v) is 4.25. The minimum absolute atomic E-state index is 0.128. The third kappa shape index (κ3) is 3.38. The topological polar surface area (TPSA) is 57.6 Å². The fraction of sp³-hybridized carbons (Fsp3) is 0.636. The average Bonchev–Trinajstić information content (AvgIpc) is 2.47. The van der Waals surface area contributed by atoms with Crippen LogP contribution in [0.15, 0.2) is 12.2 Å². The van der Waals surface area contributed by atoms with E-state index in [4.69, 9.17) is 5.11 Å². The van der Waals surface area contributed by atoms with E-state index >= 15 is 0 Å².